The number of rotatable bonds is 5. The molecule has 0 aliphatic rings. The summed E-state index contributed by atoms with van der Waals surface area (Å²) in [5.41, 5.74) is 2.17. The van der Waals surface area contributed by atoms with Crippen molar-refractivity contribution in [1.29, 1.82) is 0 Å². The Morgan fingerprint density at radius 3 is 2.62 bits per heavy atom. The second-order valence-electron chi connectivity index (χ2n) is 5.56. The van der Waals surface area contributed by atoms with Gasteiger partial charge in [-0.15, -0.1) is 0 Å². The SMILES string of the molecule is CCCNc1cc(-c2cc(C)ccc2F)nc(C(C)C)n1. The lowest BCUT2D eigenvalue weighted by Gasteiger charge is -2.12. The van der Waals surface area contributed by atoms with E-state index in [-0.39, 0.29) is 11.7 Å². The van der Waals surface area contributed by atoms with Crippen molar-refractivity contribution >= 4 is 5.82 Å². The van der Waals surface area contributed by atoms with Crippen LogP contribution in [0.1, 0.15) is 44.5 Å². The summed E-state index contributed by atoms with van der Waals surface area (Å²) in [5.74, 6) is 1.42. The van der Waals surface area contributed by atoms with Crippen molar-refractivity contribution in [2.24, 2.45) is 0 Å². The Bertz CT molecular complexity index is 623. The van der Waals surface area contributed by atoms with Crippen molar-refractivity contribution in [2.45, 2.75) is 40.0 Å². The molecule has 1 aromatic carbocycles. The van der Waals surface area contributed by atoms with Gasteiger partial charge in [0, 0.05) is 24.1 Å². The van der Waals surface area contributed by atoms with E-state index in [1.54, 1.807) is 6.07 Å². The molecule has 0 aliphatic heterocycles. The van der Waals surface area contributed by atoms with Crippen LogP contribution in [0.5, 0.6) is 0 Å². The predicted octanol–water partition coefficient (Wildman–Crippen LogP) is 4.54. The highest BCUT2D eigenvalue weighted by atomic mass is 19.1. The van der Waals surface area contributed by atoms with Gasteiger partial charge in [-0.3, -0.25) is 0 Å². The first-order valence-electron chi connectivity index (χ1n) is 7.40. The van der Waals surface area contributed by atoms with Crippen LogP contribution >= 0.6 is 0 Å². The molecule has 1 heterocycles. The molecule has 0 bridgehead atoms. The minimum atomic E-state index is -0.254. The lowest BCUT2D eigenvalue weighted by atomic mass is 10.1. The van der Waals surface area contributed by atoms with Crippen molar-refractivity contribution in [2.75, 3.05) is 11.9 Å². The molecule has 21 heavy (non-hydrogen) atoms. The molecule has 1 aromatic heterocycles. The highest BCUT2D eigenvalue weighted by Gasteiger charge is 2.12. The topological polar surface area (TPSA) is 37.8 Å². The monoisotopic (exact) mass is 287 g/mol. The Balaban J connectivity index is 2.51. The van der Waals surface area contributed by atoms with Crippen LogP contribution in [0.3, 0.4) is 0 Å². The van der Waals surface area contributed by atoms with E-state index in [4.69, 9.17) is 0 Å². The highest BCUT2D eigenvalue weighted by Crippen LogP contribution is 2.25. The number of anilines is 1. The fourth-order valence-corrected chi connectivity index (χ4v) is 2.04. The van der Waals surface area contributed by atoms with Crippen molar-refractivity contribution in [3.8, 4) is 11.3 Å². The van der Waals surface area contributed by atoms with E-state index in [0.29, 0.717) is 11.3 Å². The molecule has 0 radical (unpaired) electrons. The number of benzene rings is 1. The highest BCUT2D eigenvalue weighted by molar-refractivity contribution is 5.64. The minimum absolute atomic E-state index is 0.194. The number of hydrogen-bond acceptors (Lipinski definition) is 3. The van der Waals surface area contributed by atoms with Crippen LogP contribution in [-0.4, -0.2) is 16.5 Å². The Hall–Kier alpha value is -1.97. The summed E-state index contributed by atoms with van der Waals surface area (Å²) in [6.45, 7) is 8.96. The van der Waals surface area contributed by atoms with Gasteiger partial charge in [-0.25, -0.2) is 14.4 Å². The summed E-state index contributed by atoms with van der Waals surface area (Å²) in [5, 5.41) is 3.26. The Morgan fingerprint density at radius 2 is 1.95 bits per heavy atom. The van der Waals surface area contributed by atoms with E-state index < -0.39 is 0 Å². The second kappa shape index (κ2) is 6.66. The van der Waals surface area contributed by atoms with Gasteiger partial charge in [0.25, 0.3) is 0 Å². The zero-order chi connectivity index (χ0) is 15.4. The largest absolute Gasteiger partial charge is 0.370 e. The van der Waals surface area contributed by atoms with Gasteiger partial charge in [0.1, 0.15) is 17.5 Å². The smallest absolute Gasteiger partial charge is 0.133 e. The summed E-state index contributed by atoms with van der Waals surface area (Å²) < 4.78 is 14.1. The van der Waals surface area contributed by atoms with Crippen LogP contribution in [0.4, 0.5) is 10.2 Å². The third-order valence-electron chi connectivity index (χ3n) is 3.21. The van der Waals surface area contributed by atoms with Crippen molar-refractivity contribution < 1.29 is 4.39 Å². The van der Waals surface area contributed by atoms with Gasteiger partial charge in [0.05, 0.1) is 5.69 Å². The number of nitrogens with one attached hydrogen (secondary N) is 1. The van der Waals surface area contributed by atoms with E-state index in [2.05, 4.69) is 22.2 Å². The van der Waals surface area contributed by atoms with Gasteiger partial charge in [0.15, 0.2) is 0 Å². The van der Waals surface area contributed by atoms with E-state index in [1.807, 2.05) is 32.9 Å². The van der Waals surface area contributed by atoms with Crippen molar-refractivity contribution in [3.05, 3.63) is 41.5 Å². The number of aryl methyl sites for hydroxylation is 1. The molecule has 0 amide bonds. The first-order chi connectivity index (χ1) is 10.0. The van der Waals surface area contributed by atoms with Crippen molar-refractivity contribution in [1.82, 2.24) is 9.97 Å². The van der Waals surface area contributed by atoms with Gasteiger partial charge in [-0.1, -0.05) is 32.4 Å². The van der Waals surface area contributed by atoms with Gasteiger partial charge in [-0.05, 0) is 25.5 Å². The summed E-state index contributed by atoms with van der Waals surface area (Å²) in [6.07, 6.45) is 1.01. The quantitative estimate of drug-likeness (QED) is 0.877. The number of halogens is 1. The lowest BCUT2D eigenvalue weighted by molar-refractivity contribution is 0.630. The maximum atomic E-state index is 14.1. The fourth-order valence-electron chi connectivity index (χ4n) is 2.04. The molecule has 0 saturated heterocycles. The third kappa shape index (κ3) is 3.78. The molecule has 0 unspecified atom stereocenters. The molecule has 0 saturated carbocycles. The molecule has 0 atom stereocenters. The zero-order valence-electron chi connectivity index (χ0n) is 13.1. The molecule has 2 aromatic rings. The predicted molar refractivity (Wildman–Crippen MR) is 85.0 cm³/mol. The molecule has 0 spiro atoms. The normalized spacial score (nSPS) is 11.0. The third-order valence-corrected chi connectivity index (χ3v) is 3.21. The molecule has 2 rings (SSSR count). The van der Waals surface area contributed by atoms with Crippen LogP contribution in [-0.2, 0) is 0 Å². The summed E-state index contributed by atoms with van der Waals surface area (Å²) in [6, 6.07) is 6.89. The number of aromatic nitrogens is 2. The number of nitrogens with zero attached hydrogens (tertiary/aromatic N) is 2. The average Bonchev–Trinajstić information content (AvgIpc) is 2.47. The zero-order valence-corrected chi connectivity index (χ0v) is 13.1. The van der Waals surface area contributed by atoms with E-state index in [1.165, 1.54) is 6.07 Å². The van der Waals surface area contributed by atoms with Crippen LogP contribution in [0, 0.1) is 12.7 Å². The van der Waals surface area contributed by atoms with E-state index in [0.717, 1.165) is 30.2 Å². The van der Waals surface area contributed by atoms with Crippen molar-refractivity contribution in [3.63, 3.8) is 0 Å². The summed E-state index contributed by atoms with van der Waals surface area (Å²) >= 11 is 0. The summed E-state index contributed by atoms with van der Waals surface area (Å²) in [7, 11) is 0. The van der Waals surface area contributed by atoms with Crippen LogP contribution in [0.15, 0.2) is 24.3 Å². The maximum absolute atomic E-state index is 14.1. The molecule has 3 nitrogen and oxygen atoms in total. The molecule has 4 heteroatoms. The van der Waals surface area contributed by atoms with Crippen LogP contribution < -0.4 is 5.32 Å². The average molecular weight is 287 g/mol. The van der Waals surface area contributed by atoms with E-state index in [9.17, 15) is 4.39 Å². The Labute approximate surface area is 125 Å². The molecular weight excluding hydrogens is 265 g/mol. The molecule has 0 aliphatic carbocycles. The Morgan fingerprint density at radius 1 is 1.19 bits per heavy atom. The molecule has 112 valence electrons. The van der Waals surface area contributed by atoms with Gasteiger partial charge in [0.2, 0.25) is 0 Å². The molecule has 1 N–H and O–H groups in total. The van der Waals surface area contributed by atoms with Gasteiger partial charge >= 0.3 is 0 Å². The van der Waals surface area contributed by atoms with Crippen LogP contribution in [0.25, 0.3) is 11.3 Å². The fraction of sp³-hybridized carbons (Fsp3) is 0.412. The second-order valence-corrected chi connectivity index (χ2v) is 5.56. The molecule has 0 fully saturated rings. The van der Waals surface area contributed by atoms with Crippen LogP contribution in [0.2, 0.25) is 0 Å². The first-order valence-corrected chi connectivity index (χ1v) is 7.40. The minimum Gasteiger partial charge on any atom is -0.370 e. The standard InChI is InChI=1S/C17H22FN3/c1-5-8-19-16-10-15(20-17(21-16)11(2)3)13-9-12(4)6-7-14(13)18/h6-7,9-11H,5,8H2,1-4H3,(H,19,20,21). The number of hydrogen-bond donors (Lipinski definition) is 1. The lowest BCUT2D eigenvalue weighted by Crippen LogP contribution is -2.07. The Kier molecular flexibility index (Phi) is 4.89. The first kappa shape index (κ1) is 15.4. The maximum Gasteiger partial charge on any atom is 0.133 e. The van der Waals surface area contributed by atoms with Gasteiger partial charge in [-0.2, -0.15) is 0 Å². The summed E-state index contributed by atoms with van der Waals surface area (Å²) in [4.78, 5) is 9.03. The van der Waals surface area contributed by atoms with E-state index >= 15 is 0 Å². The van der Waals surface area contributed by atoms with Gasteiger partial charge < -0.3 is 5.32 Å². The molecular formula is C17H22FN3.